The topological polar surface area (TPSA) is 32.3 Å². The molecule has 2 rings (SSSR count). The summed E-state index contributed by atoms with van der Waals surface area (Å²) < 4.78 is 37.8. The molecule has 1 heterocycles. The van der Waals surface area contributed by atoms with Gasteiger partial charge in [-0.2, -0.15) is 13.2 Å². The smallest absolute Gasteiger partial charge is 0.333 e. The molecule has 1 aliphatic heterocycles. The Morgan fingerprint density at radius 3 is 2.58 bits per heavy atom. The Morgan fingerprint density at radius 2 is 2.11 bits per heavy atom. The fourth-order valence-electron chi connectivity index (χ4n) is 2.06. The van der Waals surface area contributed by atoms with Gasteiger partial charge in [0.15, 0.2) is 0 Å². The molecule has 1 N–H and O–H groups in total. The van der Waals surface area contributed by atoms with Crippen molar-refractivity contribution in [3.63, 3.8) is 0 Å². The summed E-state index contributed by atoms with van der Waals surface area (Å²) in [5, 5.41) is 3.04. The van der Waals surface area contributed by atoms with Crippen LogP contribution >= 0.6 is 0 Å². The zero-order chi connectivity index (χ0) is 14.0. The van der Waals surface area contributed by atoms with E-state index in [1.165, 1.54) is 12.1 Å². The van der Waals surface area contributed by atoms with Crippen LogP contribution in [0, 0.1) is 0 Å². The molecule has 1 saturated heterocycles. The number of amides is 1. The molecule has 1 amide bonds. The van der Waals surface area contributed by atoms with Crippen LogP contribution in [-0.4, -0.2) is 36.5 Å². The molecule has 3 nitrogen and oxygen atoms in total. The van der Waals surface area contributed by atoms with Gasteiger partial charge in [-0.05, 0) is 25.1 Å². The average Bonchev–Trinajstić information content (AvgIpc) is 2.31. The lowest BCUT2D eigenvalue weighted by Gasteiger charge is -2.37. The summed E-state index contributed by atoms with van der Waals surface area (Å²) in [7, 11) is 0. The van der Waals surface area contributed by atoms with Crippen LogP contribution in [0.25, 0.3) is 0 Å². The third-order valence-corrected chi connectivity index (χ3v) is 3.24. The second-order valence-corrected chi connectivity index (χ2v) is 4.48. The summed E-state index contributed by atoms with van der Waals surface area (Å²) in [6, 6.07) is 4.65. The van der Waals surface area contributed by atoms with Crippen LogP contribution < -0.4 is 5.32 Å². The highest BCUT2D eigenvalue weighted by atomic mass is 19.4. The van der Waals surface area contributed by atoms with Crippen LogP contribution in [0.15, 0.2) is 24.3 Å². The van der Waals surface area contributed by atoms with Crippen LogP contribution in [0.1, 0.15) is 22.8 Å². The van der Waals surface area contributed by atoms with Gasteiger partial charge in [0.25, 0.3) is 5.91 Å². The molecule has 1 aromatic carbocycles. The third-order valence-electron chi connectivity index (χ3n) is 3.24. The fourth-order valence-corrected chi connectivity index (χ4v) is 2.06. The highest BCUT2D eigenvalue weighted by Crippen LogP contribution is 2.29. The number of hydrogen-bond donors (Lipinski definition) is 1. The molecule has 0 spiro atoms. The lowest BCUT2D eigenvalue weighted by molar-refractivity contribution is -0.137. The molecule has 1 aliphatic rings. The van der Waals surface area contributed by atoms with Crippen LogP contribution in [0.5, 0.6) is 0 Å². The first-order valence-electron chi connectivity index (χ1n) is 6.12. The van der Waals surface area contributed by atoms with Crippen LogP contribution in [0.2, 0.25) is 0 Å². The van der Waals surface area contributed by atoms with E-state index in [2.05, 4.69) is 5.32 Å². The summed E-state index contributed by atoms with van der Waals surface area (Å²) in [5.41, 5.74) is -0.704. The zero-order valence-corrected chi connectivity index (χ0v) is 10.5. The molecular formula is C13H15F3N2O. The van der Waals surface area contributed by atoms with Gasteiger partial charge in [-0.3, -0.25) is 4.79 Å². The van der Waals surface area contributed by atoms with Crippen LogP contribution in [0.4, 0.5) is 13.2 Å². The van der Waals surface area contributed by atoms with Gasteiger partial charge in [0.05, 0.1) is 11.6 Å². The minimum atomic E-state index is -4.43. The van der Waals surface area contributed by atoms with Gasteiger partial charge >= 0.3 is 6.18 Å². The van der Waals surface area contributed by atoms with E-state index in [-0.39, 0.29) is 17.5 Å². The number of hydrogen-bond acceptors (Lipinski definition) is 2. The normalized spacial score (nSPS) is 16.0. The number of likely N-dealkylation sites (N-methyl/N-ethyl adjacent to an activating group) is 1. The maximum absolute atomic E-state index is 12.6. The second kappa shape index (κ2) is 5.21. The molecule has 0 aliphatic carbocycles. The standard InChI is InChI=1S/C13H15F3N2O/c1-2-18(11-7-17-8-11)12(19)9-4-3-5-10(6-9)13(14,15)16/h3-6,11,17H,2,7-8H2,1H3. The number of rotatable bonds is 3. The largest absolute Gasteiger partial charge is 0.416 e. The first-order valence-corrected chi connectivity index (χ1v) is 6.12. The Hall–Kier alpha value is -1.56. The van der Waals surface area contributed by atoms with E-state index in [0.717, 1.165) is 12.1 Å². The molecule has 0 unspecified atom stereocenters. The van der Waals surface area contributed by atoms with E-state index < -0.39 is 11.7 Å². The van der Waals surface area contributed by atoms with Crippen molar-refractivity contribution in [2.75, 3.05) is 19.6 Å². The molecule has 6 heteroatoms. The van der Waals surface area contributed by atoms with E-state index in [1.807, 2.05) is 6.92 Å². The minimum Gasteiger partial charge on any atom is -0.333 e. The van der Waals surface area contributed by atoms with E-state index in [4.69, 9.17) is 0 Å². The van der Waals surface area contributed by atoms with Crippen molar-refractivity contribution >= 4 is 5.91 Å². The van der Waals surface area contributed by atoms with Crippen LogP contribution in [-0.2, 0) is 6.18 Å². The van der Waals surface area contributed by atoms with Gasteiger partial charge in [-0.25, -0.2) is 0 Å². The SMILES string of the molecule is CCN(C(=O)c1cccc(C(F)(F)F)c1)C1CNC1. The highest BCUT2D eigenvalue weighted by molar-refractivity contribution is 5.94. The Kier molecular flexibility index (Phi) is 3.80. The van der Waals surface area contributed by atoms with Gasteiger partial charge in [0.1, 0.15) is 0 Å². The molecule has 0 bridgehead atoms. The van der Waals surface area contributed by atoms with Crippen LogP contribution in [0.3, 0.4) is 0 Å². The van der Waals surface area contributed by atoms with Gasteiger partial charge < -0.3 is 10.2 Å². The van der Waals surface area contributed by atoms with Gasteiger partial charge in [-0.15, -0.1) is 0 Å². The molecule has 19 heavy (non-hydrogen) atoms. The molecule has 0 aromatic heterocycles. The molecule has 1 fully saturated rings. The van der Waals surface area contributed by atoms with Crippen molar-refractivity contribution < 1.29 is 18.0 Å². The Balaban J connectivity index is 2.23. The number of nitrogens with zero attached hydrogens (tertiary/aromatic N) is 1. The van der Waals surface area contributed by atoms with Gasteiger partial charge in [-0.1, -0.05) is 6.07 Å². The van der Waals surface area contributed by atoms with Crippen molar-refractivity contribution in [3.05, 3.63) is 35.4 Å². The van der Waals surface area contributed by atoms with Crippen molar-refractivity contribution in [2.45, 2.75) is 19.1 Å². The summed E-state index contributed by atoms with van der Waals surface area (Å²) in [6.07, 6.45) is -4.43. The first-order chi connectivity index (χ1) is 8.93. The Labute approximate surface area is 109 Å². The first kappa shape index (κ1) is 13.9. The lowest BCUT2D eigenvalue weighted by atomic mass is 10.1. The average molecular weight is 272 g/mol. The maximum atomic E-state index is 12.6. The summed E-state index contributed by atoms with van der Waals surface area (Å²) in [5.74, 6) is -0.347. The number of alkyl halides is 3. The van der Waals surface area contributed by atoms with E-state index in [9.17, 15) is 18.0 Å². The number of carbonyl (C=O) groups is 1. The van der Waals surface area contributed by atoms with Crippen molar-refractivity contribution in [3.8, 4) is 0 Å². The predicted octanol–water partition coefficient (Wildman–Crippen LogP) is 2.14. The zero-order valence-electron chi connectivity index (χ0n) is 10.5. The third kappa shape index (κ3) is 2.89. The molecular weight excluding hydrogens is 257 g/mol. The number of halogens is 3. The van der Waals surface area contributed by atoms with Crippen molar-refractivity contribution in [1.82, 2.24) is 10.2 Å². The molecule has 104 valence electrons. The minimum absolute atomic E-state index is 0.0760. The number of carbonyl (C=O) groups excluding carboxylic acids is 1. The van der Waals surface area contributed by atoms with Crippen molar-refractivity contribution in [1.29, 1.82) is 0 Å². The van der Waals surface area contributed by atoms with E-state index in [1.54, 1.807) is 4.90 Å². The maximum Gasteiger partial charge on any atom is 0.416 e. The molecule has 0 atom stereocenters. The summed E-state index contributed by atoms with van der Waals surface area (Å²) >= 11 is 0. The Bertz CT molecular complexity index is 469. The highest BCUT2D eigenvalue weighted by Gasteiger charge is 2.32. The predicted molar refractivity (Wildman–Crippen MR) is 64.8 cm³/mol. The lowest BCUT2D eigenvalue weighted by Crippen LogP contribution is -2.58. The number of nitrogens with one attached hydrogen (secondary N) is 1. The van der Waals surface area contributed by atoms with Gasteiger partial charge in [0.2, 0.25) is 0 Å². The summed E-state index contributed by atoms with van der Waals surface area (Å²) in [4.78, 5) is 13.8. The molecule has 0 radical (unpaired) electrons. The fraction of sp³-hybridized carbons (Fsp3) is 0.462. The summed E-state index contributed by atoms with van der Waals surface area (Å²) in [6.45, 7) is 3.70. The quantitative estimate of drug-likeness (QED) is 0.914. The second-order valence-electron chi connectivity index (χ2n) is 4.48. The number of benzene rings is 1. The van der Waals surface area contributed by atoms with Gasteiger partial charge in [0, 0.05) is 25.2 Å². The van der Waals surface area contributed by atoms with E-state index >= 15 is 0 Å². The monoisotopic (exact) mass is 272 g/mol. The Morgan fingerprint density at radius 1 is 1.42 bits per heavy atom. The molecule has 1 aromatic rings. The molecule has 0 saturated carbocycles. The van der Waals surface area contributed by atoms with E-state index in [0.29, 0.717) is 19.6 Å². The van der Waals surface area contributed by atoms with Crippen molar-refractivity contribution in [2.24, 2.45) is 0 Å².